The van der Waals surface area contributed by atoms with E-state index in [1.165, 1.54) is 0 Å². The van der Waals surface area contributed by atoms with Crippen LogP contribution < -0.4 is 0 Å². The highest BCUT2D eigenvalue weighted by molar-refractivity contribution is 6.64. The minimum absolute atomic E-state index is 0.748. The van der Waals surface area contributed by atoms with Crippen molar-refractivity contribution >= 4 is 15.1 Å². The summed E-state index contributed by atoms with van der Waals surface area (Å²) in [5.74, 6) is 0. The van der Waals surface area contributed by atoms with Gasteiger partial charge in [-0.05, 0) is 6.04 Å². The molecule has 0 rings (SSSR count). The predicted octanol–water partition coefficient (Wildman–Crippen LogP) is 2.23. The molecule has 0 unspecified atom stereocenters. The highest BCUT2D eigenvalue weighted by atomic mass is 28.3. The van der Waals surface area contributed by atoms with Gasteiger partial charge in [0.15, 0.2) is 0 Å². The zero-order valence-corrected chi connectivity index (χ0v) is 8.58. The van der Waals surface area contributed by atoms with E-state index >= 15 is 0 Å². The van der Waals surface area contributed by atoms with Crippen LogP contribution in [-0.2, 0) is 4.79 Å². The Morgan fingerprint density at radius 3 is 1.70 bits per heavy atom. The van der Waals surface area contributed by atoms with Crippen molar-refractivity contribution in [2.24, 2.45) is 0 Å². The maximum atomic E-state index is 10.3. The molecule has 0 aliphatic heterocycles. The van der Waals surface area contributed by atoms with E-state index < -0.39 is 8.80 Å². The van der Waals surface area contributed by atoms with Crippen molar-refractivity contribution in [2.45, 2.75) is 44.8 Å². The summed E-state index contributed by atoms with van der Waals surface area (Å²) >= 11 is 0. The van der Waals surface area contributed by atoms with Gasteiger partial charge in [-0.1, -0.05) is 38.8 Å². The molecule has 0 fully saturated rings. The fourth-order valence-electron chi connectivity index (χ4n) is 1.43. The molecule has 0 aliphatic rings. The van der Waals surface area contributed by atoms with Gasteiger partial charge in [0.1, 0.15) is 6.29 Å². The van der Waals surface area contributed by atoms with Crippen LogP contribution in [0.4, 0.5) is 0 Å². The molecule has 0 spiro atoms. The molecule has 0 aromatic rings. The molecule has 0 bridgehead atoms. The molecule has 1 nitrogen and oxygen atoms in total. The molecule has 0 aliphatic carbocycles. The molecular formula is C8H18OSi. The summed E-state index contributed by atoms with van der Waals surface area (Å²) < 4.78 is 0. The Hall–Kier alpha value is -0.113. The fourth-order valence-corrected chi connectivity index (χ4v) is 4.28. The number of hydrogen-bond donors (Lipinski definition) is 0. The zero-order valence-electron chi connectivity index (χ0n) is 7.42. The standard InChI is InChI=1S/C8H18OSi/c1-7(2)10(6-5-9)8(3)4/h5,7-8,10H,6H2,1-4H3. The van der Waals surface area contributed by atoms with Gasteiger partial charge in [-0.3, -0.25) is 0 Å². The lowest BCUT2D eigenvalue weighted by Gasteiger charge is -2.20. The molecule has 0 N–H and O–H groups in total. The van der Waals surface area contributed by atoms with Crippen molar-refractivity contribution in [1.29, 1.82) is 0 Å². The molecule has 0 saturated heterocycles. The van der Waals surface area contributed by atoms with Gasteiger partial charge in [-0.25, -0.2) is 0 Å². The summed E-state index contributed by atoms with van der Waals surface area (Å²) in [5.41, 5.74) is 1.54. The van der Waals surface area contributed by atoms with Crippen molar-refractivity contribution in [1.82, 2.24) is 0 Å². The maximum absolute atomic E-state index is 10.3. The first-order valence-electron chi connectivity index (χ1n) is 4.03. The lowest BCUT2D eigenvalue weighted by molar-refractivity contribution is -0.106. The van der Waals surface area contributed by atoms with Gasteiger partial charge in [-0.2, -0.15) is 0 Å². The van der Waals surface area contributed by atoms with E-state index in [0.29, 0.717) is 0 Å². The number of hydrogen-bond acceptors (Lipinski definition) is 1. The van der Waals surface area contributed by atoms with Crippen LogP contribution in [0.3, 0.4) is 0 Å². The molecule has 0 aromatic heterocycles. The second kappa shape index (κ2) is 4.66. The minimum Gasteiger partial charge on any atom is -0.304 e. The van der Waals surface area contributed by atoms with E-state index in [-0.39, 0.29) is 0 Å². The van der Waals surface area contributed by atoms with E-state index in [4.69, 9.17) is 0 Å². The second-order valence-electron chi connectivity index (χ2n) is 3.55. The zero-order chi connectivity index (χ0) is 8.15. The Labute approximate surface area is 65.4 Å². The lowest BCUT2D eigenvalue weighted by Crippen LogP contribution is -2.20. The van der Waals surface area contributed by atoms with E-state index in [1.807, 2.05) is 0 Å². The van der Waals surface area contributed by atoms with E-state index in [1.54, 1.807) is 0 Å². The smallest absolute Gasteiger partial charge is 0.117 e. The van der Waals surface area contributed by atoms with Gasteiger partial charge in [-0.15, -0.1) is 0 Å². The van der Waals surface area contributed by atoms with Crippen LogP contribution in [0.2, 0.25) is 17.1 Å². The first kappa shape index (κ1) is 9.89. The van der Waals surface area contributed by atoms with Crippen molar-refractivity contribution in [3.8, 4) is 0 Å². The molecular weight excluding hydrogens is 140 g/mol. The second-order valence-corrected chi connectivity index (χ2v) is 8.02. The van der Waals surface area contributed by atoms with E-state index in [9.17, 15) is 4.79 Å². The van der Waals surface area contributed by atoms with Crippen LogP contribution in [0.5, 0.6) is 0 Å². The molecule has 0 saturated carbocycles. The Kier molecular flexibility index (Phi) is 4.61. The normalized spacial score (nSPS) is 11.5. The summed E-state index contributed by atoms with van der Waals surface area (Å²) in [6.45, 7) is 8.95. The molecule has 0 heterocycles. The summed E-state index contributed by atoms with van der Waals surface area (Å²) in [5, 5.41) is 0. The largest absolute Gasteiger partial charge is 0.304 e. The first-order chi connectivity index (χ1) is 4.59. The van der Waals surface area contributed by atoms with Crippen LogP contribution in [0.1, 0.15) is 27.7 Å². The monoisotopic (exact) mass is 158 g/mol. The van der Waals surface area contributed by atoms with Gasteiger partial charge in [0.2, 0.25) is 0 Å². The SMILES string of the molecule is CC(C)[SiH](CC=O)C(C)C. The average Bonchev–Trinajstić information content (AvgIpc) is 1.81. The van der Waals surface area contributed by atoms with Gasteiger partial charge in [0.05, 0.1) is 0 Å². The quantitative estimate of drug-likeness (QED) is 0.453. The molecule has 2 heteroatoms. The molecule has 0 atom stereocenters. The van der Waals surface area contributed by atoms with Gasteiger partial charge < -0.3 is 4.79 Å². The summed E-state index contributed by atoms with van der Waals surface area (Å²) in [6.07, 6.45) is 1.09. The number of aldehydes is 1. The minimum atomic E-state index is -0.748. The van der Waals surface area contributed by atoms with Crippen molar-refractivity contribution < 1.29 is 4.79 Å². The highest BCUT2D eigenvalue weighted by Gasteiger charge is 2.17. The summed E-state index contributed by atoms with van der Waals surface area (Å²) in [7, 11) is -0.748. The van der Waals surface area contributed by atoms with Gasteiger partial charge >= 0.3 is 0 Å². The Morgan fingerprint density at radius 1 is 1.20 bits per heavy atom. The predicted molar refractivity (Wildman–Crippen MR) is 48.2 cm³/mol. The van der Waals surface area contributed by atoms with Crippen LogP contribution >= 0.6 is 0 Å². The Balaban J connectivity index is 3.84. The van der Waals surface area contributed by atoms with Crippen LogP contribution in [0.15, 0.2) is 0 Å². The Bertz CT molecular complexity index is 91.4. The van der Waals surface area contributed by atoms with Gasteiger partial charge in [0, 0.05) is 8.80 Å². The first-order valence-corrected chi connectivity index (χ1v) is 6.18. The highest BCUT2D eigenvalue weighted by Crippen LogP contribution is 2.21. The summed E-state index contributed by atoms with van der Waals surface area (Å²) in [4.78, 5) is 10.3. The molecule has 0 aromatic carbocycles. The van der Waals surface area contributed by atoms with Crippen molar-refractivity contribution in [3.05, 3.63) is 0 Å². The van der Waals surface area contributed by atoms with Crippen LogP contribution in [0.25, 0.3) is 0 Å². The van der Waals surface area contributed by atoms with Crippen LogP contribution in [0, 0.1) is 0 Å². The third-order valence-electron chi connectivity index (χ3n) is 2.08. The maximum Gasteiger partial charge on any atom is 0.117 e. The number of carbonyl (C=O) groups excluding carboxylic acids is 1. The van der Waals surface area contributed by atoms with Gasteiger partial charge in [0.25, 0.3) is 0 Å². The lowest BCUT2D eigenvalue weighted by atomic mass is 10.5. The number of carbonyl (C=O) groups is 1. The Morgan fingerprint density at radius 2 is 1.60 bits per heavy atom. The molecule has 0 amide bonds. The summed E-state index contributed by atoms with van der Waals surface area (Å²) in [6, 6.07) is 0.856. The molecule has 60 valence electrons. The fraction of sp³-hybridized carbons (Fsp3) is 0.875. The average molecular weight is 158 g/mol. The van der Waals surface area contributed by atoms with E-state index in [2.05, 4.69) is 27.7 Å². The van der Waals surface area contributed by atoms with Crippen molar-refractivity contribution in [2.75, 3.05) is 0 Å². The number of rotatable bonds is 4. The topological polar surface area (TPSA) is 17.1 Å². The van der Waals surface area contributed by atoms with Crippen molar-refractivity contribution in [3.63, 3.8) is 0 Å². The molecule has 0 radical (unpaired) electrons. The van der Waals surface area contributed by atoms with Crippen LogP contribution in [-0.4, -0.2) is 15.1 Å². The van der Waals surface area contributed by atoms with E-state index in [0.717, 1.165) is 23.4 Å². The third kappa shape index (κ3) is 3.16. The third-order valence-corrected chi connectivity index (χ3v) is 6.24. The molecule has 10 heavy (non-hydrogen) atoms.